The van der Waals surface area contributed by atoms with Crippen molar-refractivity contribution in [1.29, 1.82) is 0 Å². The van der Waals surface area contributed by atoms with Gasteiger partial charge in [-0.15, -0.1) is 0 Å². The fourth-order valence-corrected chi connectivity index (χ4v) is 3.58. The molecule has 2 rings (SSSR count). The zero-order valence-corrected chi connectivity index (χ0v) is 17.1. The first-order valence-electron chi connectivity index (χ1n) is 10.0. The Hall–Kier alpha value is -1.59. The summed E-state index contributed by atoms with van der Waals surface area (Å²) in [4.78, 5) is 11.7. The average molecular weight is 360 g/mol. The highest BCUT2D eigenvalue weighted by atomic mass is 15.3. The quantitative estimate of drug-likeness (QED) is 0.440. The molecule has 1 aliphatic heterocycles. The van der Waals surface area contributed by atoms with Crippen molar-refractivity contribution < 1.29 is 0 Å². The first kappa shape index (κ1) is 20.7. The third kappa shape index (κ3) is 6.29. The molecule has 0 aliphatic carbocycles. The van der Waals surface area contributed by atoms with E-state index in [0.29, 0.717) is 6.04 Å². The molecule has 1 fully saturated rings. The predicted octanol–water partition coefficient (Wildman–Crippen LogP) is 2.67. The summed E-state index contributed by atoms with van der Waals surface area (Å²) >= 11 is 0. The molecule has 5 nitrogen and oxygen atoms in total. The Morgan fingerprint density at radius 1 is 1.23 bits per heavy atom. The average Bonchev–Trinajstić information content (AvgIpc) is 2.67. The van der Waals surface area contributed by atoms with Gasteiger partial charge in [-0.2, -0.15) is 0 Å². The van der Waals surface area contributed by atoms with Crippen LogP contribution in [0.1, 0.15) is 37.8 Å². The lowest BCUT2D eigenvalue weighted by atomic mass is 10.0. The molecule has 146 valence electrons. The molecule has 0 amide bonds. The van der Waals surface area contributed by atoms with E-state index < -0.39 is 0 Å². The van der Waals surface area contributed by atoms with Gasteiger partial charge in [-0.1, -0.05) is 43.7 Å². The van der Waals surface area contributed by atoms with Gasteiger partial charge < -0.3 is 15.1 Å². The minimum Gasteiger partial charge on any atom is -0.356 e. The second kappa shape index (κ2) is 11.2. The molecule has 26 heavy (non-hydrogen) atoms. The Morgan fingerprint density at radius 3 is 2.69 bits per heavy atom. The fourth-order valence-electron chi connectivity index (χ4n) is 3.58. The highest BCUT2D eigenvalue weighted by Gasteiger charge is 2.25. The van der Waals surface area contributed by atoms with Gasteiger partial charge in [-0.25, -0.2) is 0 Å². The van der Waals surface area contributed by atoms with Crippen molar-refractivity contribution in [1.82, 2.24) is 20.0 Å². The minimum atomic E-state index is 0.501. The van der Waals surface area contributed by atoms with E-state index in [1.165, 1.54) is 18.4 Å². The summed E-state index contributed by atoms with van der Waals surface area (Å²) in [6.45, 7) is 8.78. The molecule has 1 unspecified atom stereocenters. The number of benzene rings is 1. The summed E-state index contributed by atoms with van der Waals surface area (Å²) in [5.41, 5.74) is 1.43. The molecule has 1 heterocycles. The van der Waals surface area contributed by atoms with Crippen LogP contribution < -0.4 is 5.32 Å². The SMILES string of the molecule is CCCCN(C)C(=NC)NCCCN1CCN(C)CC1c1ccccc1. The van der Waals surface area contributed by atoms with E-state index in [1.807, 2.05) is 7.05 Å². The molecule has 1 aromatic carbocycles. The number of nitrogens with zero attached hydrogens (tertiary/aromatic N) is 4. The Kier molecular flexibility index (Phi) is 8.92. The summed E-state index contributed by atoms with van der Waals surface area (Å²) < 4.78 is 0. The third-order valence-corrected chi connectivity index (χ3v) is 5.20. The van der Waals surface area contributed by atoms with Gasteiger partial charge in [-0.3, -0.25) is 9.89 Å². The molecule has 5 heteroatoms. The number of rotatable bonds is 8. The number of hydrogen-bond donors (Lipinski definition) is 1. The molecule has 0 spiro atoms. The highest BCUT2D eigenvalue weighted by molar-refractivity contribution is 5.79. The number of piperazine rings is 1. The van der Waals surface area contributed by atoms with Crippen molar-refractivity contribution in [2.45, 2.75) is 32.2 Å². The molecular weight excluding hydrogens is 322 g/mol. The van der Waals surface area contributed by atoms with E-state index in [1.54, 1.807) is 0 Å². The number of nitrogens with one attached hydrogen (secondary N) is 1. The fraction of sp³-hybridized carbons (Fsp3) is 0.667. The van der Waals surface area contributed by atoms with E-state index in [4.69, 9.17) is 0 Å². The zero-order valence-electron chi connectivity index (χ0n) is 17.1. The maximum atomic E-state index is 4.41. The van der Waals surface area contributed by atoms with E-state index >= 15 is 0 Å². The van der Waals surface area contributed by atoms with Crippen LogP contribution in [0.2, 0.25) is 0 Å². The molecule has 1 N–H and O–H groups in total. The third-order valence-electron chi connectivity index (χ3n) is 5.20. The number of guanidine groups is 1. The maximum absolute atomic E-state index is 4.41. The molecular formula is C21H37N5. The van der Waals surface area contributed by atoms with Crippen molar-refractivity contribution in [3.05, 3.63) is 35.9 Å². The van der Waals surface area contributed by atoms with E-state index in [-0.39, 0.29) is 0 Å². The monoisotopic (exact) mass is 359 g/mol. The van der Waals surface area contributed by atoms with Crippen molar-refractivity contribution in [3.63, 3.8) is 0 Å². The van der Waals surface area contributed by atoms with Gasteiger partial charge in [-0.05, 0) is 25.5 Å². The molecule has 0 radical (unpaired) electrons. The van der Waals surface area contributed by atoms with Gasteiger partial charge in [0.1, 0.15) is 0 Å². The lowest BCUT2D eigenvalue weighted by Gasteiger charge is -2.40. The van der Waals surface area contributed by atoms with Crippen molar-refractivity contribution in [2.75, 3.05) is 60.4 Å². The van der Waals surface area contributed by atoms with Crippen LogP contribution in [0.15, 0.2) is 35.3 Å². The Morgan fingerprint density at radius 2 is 2.00 bits per heavy atom. The van der Waals surface area contributed by atoms with Crippen LogP contribution in [0.5, 0.6) is 0 Å². The number of hydrogen-bond acceptors (Lipinski definition) is 3. The summed E-state index contributed by atoms with van der Waals surface area (Å²) in [7, 11) is 6.22. The highest BCUT2D eigenvalue weighted by Crippen LogP contribution is 2.24. The topological polar surface area (TPSA) is 34.1 Å². The largest absolute Gasteiger partial charge is 0.356 e. The Labute approximate surface area is 160 Å². The number of unbranched alkanes of at least 4 members (excludes halogenated alkanes) is 1. The van der Waals surface area contributed by atoms with Gasteiger partial charge in [0.2, 0.25) is 0 Å². The van der Waals surface area contributed by atoms with Gasteiger partial charge >= 0.3 is 0 Å². The smallest absolute Gasteiger partial charge is 0.193 e. The Balaban J connectivity index is 1.81. The van der Waals surface area contributed by atoms with Gasteiger partial charge in [0.05, 0.1) is 0 Å². The van der Waals surface area contributed by atoms with Crippen LogP contribution in [-0.2, 0) is 0 Å². The predicted molar refractivity (Wildman–Crippen MR) is 112 cm³/mol. The Bertz CT molecular complexity index is 530. The van der Waals surface area contributed by atoms with Crippen molar-refractivity contribution in [3.8, 4) is 0 Å². The van der Waals surface area contributed by atoms with E-state index in [2.05, 4.69) is 76.4 Å². The van der Waals surface area contributed by atoms with Crippen LogP contribution in [-0.4, -0.2) is 81.1 Å². The molecule has 1 atom stereocenters. The summed E-state index contributed by atoms with van der Waals surface area (Å²) in [5.74, 6) is 1.01. The van der Waals surface area contributed by atoms with Crippen LogP contribution >= 0.6 is 0 Å². The normalized spacial score (nSPS) is 19.5. The van der Waals surface area contributed by atoms with Crippen molar-refractivity contribution in [2.24, 2.45) is 4.99 Å². The molecule has 1 aromatic rings. The molecule has 0 aromatic heterocycles. The van der Waals surface area contributed by atoms with E-state index in [9.17, 15) is 0 Å². The van der Waals surface area contributed by atoms with Crippen LogP contribution in [0.25, 0.3) is 0 Å². The zero-order chi connectivity index (χ0) is 18.8. The molecule has 1 aliphatic rings. The molecule has 1 saturated heterocycles. The summed E-state index contributed by atoms with van der Waals surface area (Å²) in [6.07, 6.45) is 3.55. The standard InChI is InChI=1S/C21H37N5/c1-5-6-14-25(4)21(22-2)23-13-10-15-26-17-16-24(3)18-20(26)19-11-8-7-9-12-19/h7-9,11-12,20H,5-6,10,13-18H2,1-4H3,(H,22,23). The summed E-state index contributed by atoms with van der Waals surface area (Å²) in [6, 6.07) is 11.4. The first-order valence-corrected chi connectivity index (χ1v) is 10.0. The first-order chi connectivity index (χ1) is 12.7. The number of likely N-dealkylation sites (N-methyl/N-ethyl adjacent to an activating group) is 1. The van der Waals surface area contributed by atoms with E-state index in [0.717, 1.165) is 51.6 Å². The van der Waals surface area contributed by atoms with Crippen LogP contribution in [0, 0.1) is 0 Å². The minimum absolute atomic E-state index is 0.501. The van der Waals surface area contributed by atoms with Gasteiger partial charge in [0.15, 0.2) is 5.96 Å². The van der Waals surface area contributed by atoms with Crippen LogP contribution in [0.4, 0.5) is 0 Å². The lowest BCUT2D eigenvalue weighted by Crippen LogP contribution is -2.47. The van der Waals surface area contributed by atoms with Crippen molar-refractivity contribution >= 4 is 5.96 Å². The number of aliphatic imine (C=N–C) groups is 1. The molecule has 0 saturated carbocycles. The summed E-state index contributed by atoms with van der Waals surface area (Å²) in [5, 5.41) is 3.52. The van der Waals surface area contributed by atoms with Gasteiger partial charge in [0.25, 0.3) is 0 Å². The lowest BCUT2D eigenvalue weighted by molar-refractivity contribution is 0.0891. The maximum Gasteiger partial charge on any atom is 0.193 e. The molecule has 0 bridgehead atoms. The second-order valence-electron chi connectivity index (χ2n) is 7.33. The van der Waals surface area contributed by atoms with Crippen LogP contribution in [0.3, 0.4) is 0 Å². The second-order valence-corrected chi connectivity index (χ2v) is 7.33. The van der Waals surface area contributed by atoms with Gasteiger partial charge in [0, 0.05) is 59.4 Å².